The Balaban J connectivity index is 2.69. The number of esters is 1. The predicted molar refractivity (Wildman–Crippen MR) is 55.3 cm³/mol. The van der Waals surface area contributed by atoms with Crippen LogP contribution in [0.3, 0.4) is 0 Å². The molecule has 0 radical (unpaired) electrons. The van der Waals surface area contributed by atoms with E-state index in [1.807, 2.05) is 0 Å². The molecule has 0 heterocycles. The first-order chi connectivity index (χ1) is 7.54. The van der Waals surface area contributed by atoms with E-state index in [9.17, 15) is 14.0 Å². The van der Waals surface area contributed by atoms with Gasteiger partial charge in [0.25, 0.3) is 5.91 Å². The Hall–Kier alpha value is -1.91. The Morgan fingerprint density at radius 2 is 2.12 bits per heavy atom. The maximum atomic E-state index is 12.8. The quantitative estimate of drug-likeness (QED) is 0.784. The standard InChI is InChI=1S/C11H12FNO3/c1-7(11(15)16-2)13-10(14)8-4-3-5-9(12)6-8/h3-7H,1-2H3,(H,13,14). The minimum Gasteiger partial charge on any atom is -0.467 e. The minimum atomic E-state index is -0.763. The van der Waals surface area contributed by atoms with Gasteiger partial charge in [-0.3, -0.25) is 4.79 Å². The monoisotopic (exact) mass is 225 g/mol. The zero-order chi connectivity index (χ0) is 12.1. The molecule has 1 amide bonds. The molecule has 16 heavy (non-hydrogen) atoms. The van der Waals surface area contributed by atoms with Gasteiger partial charge in [-0.25, -0.2) is 9.18 Å². The molecule has 0 spiro atoms. The summed E-state index contributed by atoms with van der Waals surface area (Å²) >= 11 is 0. The number of nitrogens with one attached hydrogen (secondary N) is 1. The van der Waals surface area contributed by atoms with Gasteiger partial charge in [0.05, 0.1) is 7.11 Å². The van der Waals surface area contributed by atoms with Crippen molar-refractivity contribution in [1.29, 1.82) is 0 Å². The van der Waals surface area contributed by atoms with Crippen LogP contribution in [0, 0.1) is 5.82 Å². The summed E-state index contributed by atoms with van der Waals surface area (Å²) in [5.74, 6) is -1.57. The first-order valence-corrected chi connectivity index (χ1v) is 4.69. The van der Waals surface area contributed by atoms with Crippen LogP contribution in [0.15, 0.2) is 24.3 Å². The number of carbonyl (C=O) groups is 2. The smallest absolute Gasteiger partial charge is 0.328 e. The molecule has 0 aliphatic heterocycles. The van der Waals surface area contributed by atoms with E-state index in [1.54, 1.807) is 0 Å². The molecule has 0 bridgehead atoms. The lowest BCUT2D eigenvalue weighted by molar-refractivity contribution is -0.142. The molecular formula is C11H12FNO3. The van der Waals surface area contributed by atoms with Crippen molar-refractivity contribution in [3.8, 4) is 0 Å². The normalized spacial score (nSPS) is 11.7. The Morgan fingerprint density at radius 1 is 1.44 bits per heavy atom. The second-order valence-corrected chi connectivity index (χ2v) is 3.23. The van der Waals surface area contributed by atoms with Gasteiger partial charge in [-0.05, 0) is 25.1 Å². The molecule has 1 rings (SSSR count). The van der Waals surface area contributed by atoms with E-state index in [0.29, 0.717) is 0 Å². The van der Waals surface area contributed by atoms with Crippen molar-refractivity contribution in [1.82, 2.24) is 5.32 Å². The number of methoxy groups -OCH3 is 1. The zero-order valence-electron chi connectivity index (χ0n) is 8.99. The zero-order valence-corrected chi connectivity index (χ0v) is 8.99. The maximum Gasteiger partial charge on any atom is 0.328 e. The summed E-state index contributed by atoms with van der Waals surface area (Å²) in [6.07, 6.45) is 0. The summed E-state index contributed by atoms with van der Waals surface area (Å²) in [4.78, 5) is 22.6. The Bertz CT molecular complexity index is 406. The highest BCUT2D eigenvalue weighted by Crippen LogP contribution is 2.03. The van der Waals surface area contributed by atoms with Crippen LogP contribution in [0.1, 0.15) is 17.3 Å². The van der Waals surface area contributed by atoms with Crippen molar-refractivity contribution in [2.45, 2.75) is 13.0 Å². The lowest BCUT2D eigenvalue weighted by atomic mass is 10.2. The number of hydrogen-bond donors (Lipinski definition) is 1. The molecular weight excluding hydrogens is 213 g/mol. The lowest BCUT2D eigenvalue weighted by Gasteiger charge is -2.11. The highest BCUT2D eigenvalue weighted by molar-refractivity contribution is 5.96. The highest BCUT2D eigenvalue weighted by Gasteiger charge is 2.16. The summed E-state index contributed by atoms with van der Waals surface area (Å²) in [6.45, 7) is 1.49. The maximum absolute atomic E-state index is 12.8. The number of halogens is 1. The molecule has 1 N–H and O–H groups in total. The third kappa shape index (κ3) is 3.05. The van der Waals surface area contributed by atoms with Gasteiger partial charge in [-0.15, -0.1) is 0 Å². The Kier molecular flexibility index (Phi) is 3.99. The van der Waals surface area contributed by atoms with Gasteiger partial charge in [0.1, 0.15) is 11.9 Å². The summed E-state index contributed by atoms with van der Waals surface area (Å²) in [5.41, 5.74) is 0.163. The summed E-state index contributed by atoms with van der Waals surface area (Å²) in [6, 6.07) is 4.45. The number of ether oxygens (including phenoxy) is 1. The van der Waals surface area contributed by atoms with Crippen LogP contribution in [-0.4, -0.2) is 25.0 Å². The second-order valence-electron chi connectivity index (χ2n) is 3.23. The van der Waals surface area contributed by atoms with Crippen LogP contribution in [0.2, 0.25) is 0 Å². The largest absolute Gasteiger partial charge is 0.467 e. The highest BCUT2D eigenvalue weighted by atomic mass is 19.1. The third-order valence-electron chi connectivity index (χ3n) is 1.99. The molecule has 0 aromatic heterocycles. The fourth-order valence-corrected chi connectivity index (χ4v) is 1.15. The SMILES string of the molecule is COC(=O)C(C)NC(=O)c1cccc(F)c1. The van der Waals surface area contributed by atoms with E-state index in [0.717, 1.165) is 6.07 Å². The molecule has 0 aliphatic rings. The first-order valence-electron chi connectivity index (χ1n) is 4.69. The van der Waals surface area contributed by atoms with E-state index in [4.69, 9.17) is 0 Å². The van der Waals surface area contributed by atoms with Crippen LogP contribution >= 0.6 is 0 Å². The fraction of sp³-hybridized carbons (Fsp3) is 0.273. The molecule has 1 atom stereocenters. The topological polar surface area (TPSA) is 55.4 Å². The average molecular weight is 225 g/mol. The van der Waals surface area contributed by atoms with Gasteiger partial charge in [0, 0.05) is 5.56 Å². The Morgan fingerprint density at radius 3 is 2.69 bits per heavy atom. The third-order valence-corrected chi connectivity index (χ3v) is 1.99. The molecule has 1 unspecified atom stereocenters. The summed E-state index contributed by atoms with van der Waals surface area (Å²) < 4.78 is 17.3. The molecule has 0 aliphatic carbocycles. The van der Waals surface area contributed by atoms with Crippen LogP contribution in [0.4, 0.5) is 4.39 Å². The van der Waals surface area contributed by atoms with Crippen LogP contribution < -0.4 is 5.32 Å². The molecule has 5 heteroatoms. The van der Waals surface area contributed by atoms with Crippen molar-refractivity contribution in [3.63, 3.8) is 0 Å². The molecule has 0 saturated heterocycles. The van der Waals surface area contributed by atoms with Crippen molar-refractivity contribution in [2.24, 2.45) is 0 Å². The number of amides is 1. The molecule has 0 fully saturated rings. The van der Waals surface area contributed by atoms with E-state index >= 15 is 0 Å². The average Bonchev–Trinajstić information content (AvgIpc) is 2.27. The number of carbonyl (C=O) groups excluding carboxylic acids is 2. The van der Waals surface area contributed by atoms with Crippen molar-refractivity contribution in [2.75, 3.05) is 7.11 Å². The number of benzene rings is 1. The molecule has 1 aromatic carbocycles. The van der Waals surface area contributed by atoms with E-state index < -0.39 is 23.7 Å². The van der Waals surface area contributed by atoms with E-state index in [1.165, 1.54) is 32.2 Å². The van der Waals surface area contributed by atoms with Gasteiger partial charge in [0.2, 0.25) is 0 Å². The van der Waals surface area contributed by atoms with E-state index in [-0.39, 0.29) is 5.56 Å². The molecule has 1 aromatic rings. The van der Waals surface area contributed by atoms with Crippen LogP contribution in [0.25, 0.3) is 0 Å². The molecule has 4 nitrogen and oxygen atoms in total. The number of hydrogen-bond acceptors (Lipinski definition) is 3. The van der Waals surface area contributed by atoms with Gasteiger partial charge < -0.3 is 10.1 Å². The molecule has 86 valence electrons. The summed E-state index contributed by atoms with van der Waals surface area (Å²) in [7, 11) is 1.23. The summed E-state index contributed by atoms with van der Waals surface area (Å²) in [5, 5.41) is 2.39. The van der Waals surface area contributed by atoms with Crippen molar-refractivity contribution < 1.29 is 18.7 Å². The van der Waals surface area contributed by atoms with Crippen LogP contribution in [0.5, 0.6) is 0 Å². The fourth-order valence-electron chi connectivity index (χ4n) is 1.15. The second kappa shape index (κ2) is 5.25. The van der Waals surface area contributed by atoms with Crippen molar-refractivity contribution >= 4 is 11.9 Å². The van der Waals surface area contributed by atoms with Crippen molar-refractivity contribution in [3.05, 3.63) is 35.6 Å². The first kappa shape index (κ1) is 12.2. The molecule has 0 saturated carbocycles. The van der Waals surface area contributed by atoms with Gasteiger partial charge in [0.15, 0.2) is 0 Å². The van der Waals surface area contributed by atoms with Gasteiger partial charge >= 0.3 is 5.97 Å². The number of rotatable bonds is 3. The van der Waals surface area contributed by atoms with Crippen LogP contribution in [-0.2, 0) is 9.53 Å². The Labute approximate surface area is 92.4 Å². The van der Waals surface area contributed by atoms with E-state index in [2.05, 4.69) is 10.1 Å². The lowest BCUT2D eigenvalue weighted by Crippen LogP contribution is -2.39. The van der Waals surface area contributed by atoms with Gasteiger partial charge in [-0.1, -0.05) is 6.07 Å². The van der Waals surface area contributed by atoms with Gasteiger partial charge in [-0.2, -0.15) is 0 Å². The minimum absolute atomic E-state index is 0.163. The predicted octanol–water partition coefficient (Wildman–Crippen LogP) is 1.12.